The van der Waals surface area contributed by atoms with Crippen molar-refractivity contribution < 1.29 is 0 Å². The quantitative estimate of drug-likeness (QED) is 0.475. The average Bonchev–Trinajstić information content (AvgIpc) is 3.47. The van der Waals surface area contributed by atoms with Crippen LogP contribution in [0.15, 0.2) is 61.1 Å². The van der Waals surface area contributed by atoms with Crippen molar-refractivity contribution >= 4 is 16.7 Å². The van der Waals surface area contributed by atoms with Crippen molar-refractivity contribution in [2.45, 2.75) is 38.8 Å². The SMILES string of the molecule is CC(C)N1CC[C@H](c2[nH]ncc2-c2ccnc(NCc3cccc4ncccc34)c2)C1. The molecular formula is C25H28N6. The topological polar surface area (TPSA) is 69.7 Å². The third kappa shape index (κ3) is 4.03. The number of hydrogen-bond acceptors (Lipinski definition) is 5. The van der Waals surface area contributed by atoms with E-state index in [0.29, 0.717) is 18.5 Å². The van der Waals surface area contributed by atoms with Gasteiger partial charge >= 0.3 is 0 Å². The summed E-state index contributed by atoms with van der Waals surface area (Å²) in [6, 6.07) is 15.1. The zero-order valence-corrected chi connectivity index (χ0v) is 18.0. The van der Waals surface area contributed by atoms with Crippen LogP contribution < -0.4 is 5.32 Å². The van der Waals surface area contributed by atoms with Gasteiger partial charge in [-0.3, -0.25) is 10.1 Å². The van der Waals surface area contributed by atoms with Crippen LogP contribution in [-0.2, 0) is 6.54 Å². The van der Waals surface area contributed by atoms with E-state index in [1.165, 1.54) is 28.6 Å². The number of fused-ring (bicyclic) bond motifs is 1. The zero-order valence-electron chi connectivity index (χ0n) is 18.0. The highest BCUT2D eigenvalue weighted by Crippen LogP contribution is 2.34. The van der Waals surface area contributed by atoms with Gasteiger partial charge in [0.1, 0.15) is 5.82 Å². The zero-order chi connectivity index (χ0) is 21.2. The first kappa shape index (κ1) is 19.7. The molecule has 0 amide bonds. The minimum absolute atomic E-state index is 0.493. The highest BCUT2D eigenvalue weighted by molar-refractivity contribution is 5.82. The number of likely N-dealkylation sites (tertiary alicyclic amines) is 1. The van der Waals surface area contributed by atoms with E-state index in [1.807, 2.05) is 30.7 Å². The lowest BCUT2D eigenvalue weighted by atomic mass is 9.97. The van der Waals surface area contributed by atoms with Crippen molar-refractivity contribution in [3.8, 4) is 11.1 Å². The summed E-state index contributed by atoms with van der Waals surface area (Å²) in [6.07, 6.45) is 6.81. The Hall–Kier alpha value is -3.25. The molecule has 1 aliphatic rings. The van der Waals surface area contributed by atoms with Crippen LogP contribution in [0.3, 0.4) is 0 Å². The Morgan fingerprint density at radius 3 is 2.94 bits per heavy atom. The van der Waals surface area contributed by atoms with Gasteiger partial charge in [-0.1, -0.05) is 18.2 Å². The molecule has 6 heteroatoms. The van der Waals surface area contributed by atoms with Crippen molar-refractivity contribution in [1.29, 1.82) is 0 Å². The Kier molecular flexibility index (Phi) is 5.38. The van der Waals surface area contributed by atoms with E-state index in [1.54, 1.807) is 0 Å². The van der Waals surface area contributed by atoms with Gasteiger partial charge < -0.3 is 10.2 Å². The molecule has 5 rings (SSSR count). The minimum atomic E-state index is 0.493. The summed E-state index contributed by atoms with van der Waals surface area (Å²) < 4.78 is 0. The van der Waals surface area contributed by atoms with E-state index in [0.717, 1.165) is 30.0 Å². The number of aromatic nitrogens is 4. The standard InChI is InChI=1S/C25H28N6/c1-17(2)31-12-9-20(16-31)25-22(15-29-30-25)18-8-11-27-24(13-18)28-14-19-5-3-7-23-21(19)6-4-10-26-23/h3-8,10-11,13,15,17,20H,9,12,14,16H2,1-2H3,(H,27,28)(H,29,30)/t20-/m0/s1. The maximum Gasteiger partial charge on any atom is 0.126 e. The summed E-state index contributed by atoms with van der Waals surface area (Å²) >= 11 is 0. The predicted octanol–water partition coefficient (Wildman–Crippen LogP) is 4.83. The predicted molar refractivity (Wildman–Crippen MR) is 125 cm³/mol. The van der Waals surface area contributed by atoms with E-state index in [2.05, 4.69) is 74.6 Å². The van der Waals surface area contributed by atoms with E-state index >= 15 is 0 Å². The van der Waals surface area contributed by atoms with Crippen LogP contribution in [0.4, 0.5) is 5.82 Å². The molecule has 31 heavy (non-hydrogen) atoms. The highest BCUT2D eigenvalue weighted by Gasteiger charge is 2.28. The van der Waals surface area contributed by atoms with Crippen molar-refractivity contribution in [2.75, 3.05) is 18.4 Å². The molecule has 0 bridgehead atoms. The number of rotatable bonds is 6. The van der Waals surface area contributed by atoms with Crippen molar-refractivity contribution in [1.82, 2.24) is 25.1 Å². The molecule has 1 saturated heterocycles. The Bertz CT molecular complexity index is 1180. The summed E-state index contributed by atoms with van der Waals surface area (Å²) in [6.45, 7) is 7.46. The lowest BCUT2D eigenvalue weighted by Crippen LogP contribution is -2.28. The molecule has 1 atom stereocenters. The Balaban J connectivity index is 1.35. The van der Waals surface area contributed by atoms with Gasteiger partial charge in [0.25, 0.3) is 0 Å². The molecule has 1 aromatic carbocycles. The van der Waals surface area contributed by atoms with Gasteiger partial charge in [0.05, 0.1) is 11.7 Å². The van der Waals surface area contributed by atoms with Gasteiger partial charge in [-0.15, -0.1) is 0 Å². The van der Waals surface area contributed by atoms with Crippen LogP contribution in [0.5, 0.6) is 0 Å². The van der Waals surface area contributed by atoms with Gasteiger partial charge in [0.2, 0.25) is 0 Å². The van der Waals surface area contributed by atoms with Gasteiger partial charge in [-0.2, -0.15) is 5.10 Å². The van der Waals surface area contributed by atoms with Crippen LogP contribution in [-0.4, -0.2) is 44.2 Å². The number of benzene rings is 1. The third-order valence-corrected chi connectivity index (χ3v) is 6.29. The fourth-order valence-corrected chi connectivity index (χ4v) is 4.53. The summed E-state index contributed by atoms with van der Waals surface area (Å²) in [4.78, 5) is 11.5. The number of H-pyrrole nitrogens is 1. The maximum atomic E-state index is 4.54. The first-order valence-corrected chi connectivity index (χ1v) is 11.0. The third-order valence-electron chi connectivity index (χ3n) is 6.29. The summed E-state index contributed by atoms with van der Waals surface area (Å²) in [5.41, 5.74) is 5.78. The van der Waals surface area contributed by atoms with Gasteiger partial charge in [0.15, 0.2) is 0 Å². The number of anilines is 1. The molecule has 0 saturated carbocycles. The molecule has 0 spiro atoms. The second kappa shape index (κ2) is 8.47. The largest absolute Gasteiger partial charge is 0.366 e. The van der Waals surface area contributed by atoms with Crippen LogP contribution >= 0.6 is 0 Å². The molecule has 1 aliphatic heterocycles. The molecule has 0 radical (unpaired) electrons. The fourth-order valence-electron chi connectivity index (χ4n) is 4.53. The molecule has 4 heterocycles. The van der Waals surface area contributed by atoms with E-state index in [-0.39, 0.29) is 0 Å². The summed E-state index contributed by atoms with van der Waals surface area (Å²) in [5.74, 6) is 1.36. The minimum Gasteiger partial charge on any atom is -0.366 e. The number of pyridine rings is 2. The van der Waals surface area contributed by atoms with Crippen LogP contribution in [0.25, 0.3) is 22.0 Å². The number of nitrogens with one attached hydrogen (secondary N) is 2. The van der Waals surface area contributed by atoms with Gasteiger partial charge in [0, 0.05) is 54.1 Å². The van der Waals surface area contributed by atoms with Crippen LogP contribution in [0.1, 0.15) is 37.4 Å². The van der Waals surface area contributed by atoms with Crippen molar-refractivity contribution in [3.05, 3.63) is 72.3 Å². The number of aromatic amines is 1. The molecule has 6 nitrogen and oxygen atoms in total. The Labute approximate surface area is 182 Å². The lowest BCUT2D eigenvalue weighted by molar-refractivity contribution is 0.272. The van der Waals surface area contributed by atoms with Crippen LogP contribution in [0.2, 0.25) is 0 Å². The van der Waals surface area contributed by atoms with Crippen molar-refractivity contribution in [2.24, 2.45) is 0 Å². The second-order valence-electron chi connectivity index (χ2n) is 8.54. The first-order chi connectivity index (χ1) is 15.2. The van der Waals surface area contributed by atoms with E-state index < -0.39 is 0 Å². The molecule has 158 valence electrons. The normalized spacial score (nSPS) is 16.9. The number of nitrogens with zero attached hydrogens (tertiary/aromatic N) is 4. The smallest absolute Gasteiger partial charge is 0.126 e. The molecule has 3 aromatic heterocycles. The Morgan fingerprint density at radius 2 is 2.06 bits per heavy atom. The molecule has 1 fully saturated rings. The molecule has 4 aromatic rings. The van der Waals surface area contributed by atoms with Gasteiger partial charge in [-0.25, -0.2) is 4.98 Å². The summed E-state index contributed by atoms with van der Waals surface area (Å²) in [5, 5.41) is 12.3. The molecule has 2 N–H and O–H groups in total. The Morgan fingerprint density at radius 1 is 1.13 bits per heavy atom. The van der Waals surface area contributed by atoms with Gasteiger partial charge in [-0.05, 0) is 62.2 Å². The van der Waals surface area contributed by atoms with Crippen LogP contribution in [0, 0.1) is 0 Å². The second-order valence-corrected chi connectivity index (χ2v) is 8.54. The molecule has 0 aliphatic carbocycles. The fraction of sp³-hybridized carbons (Fsp3) is 0.320. The summed E-state index contributed by atoms with van der Waals surface area (Å²) in [7, 11) is 0. The van der Waals surface area contributed by atoms with E-state index in [4.69, 9.17) is 0 Å². The number of hydrogen-bond donors (Lipinski definition) is 2. The molecule has 0 unspecified atom stereocenters. The highest BCUT2D eigenvalue weighted by atomic mass is 15.2. The average molecular weight is 413 g/mol. The van der Waals surface area contributed by atoms with E-state index in [9.17, 15) is 0 Å². The lowest BCUT2D eigenvalue weighted by Gasteiger charge is -2.20. The monoisotopic (exact) mass is 412 g/mol. The van der Waals surface area contributed by atoms with Crippen molar-refractivity contribution in [3.63, 3.8) is 0 Å². The molecular weight excluding hydrogens is 384 g/mol. The maximum absolute atomic E-state index is 4.54. The first-order valence-electron chi connectivity index (χ1n) is 11.0.